The maximum atomic E-state index is 11.3. The van der Waals surface area contributed by atoms with Gasteiger partial charge in [0.05, 0.1) is 54.3 Å². The van der Waals surface area contributed by atoms with Gasteiger partial charge in [0, 0.05) is 12.8 Å². The Hall–Kier alpha value is -1.18. The molecule has 0 saturated carbocycles. The maximum absolute atomic E-state index is 11.3. The van der Waals surface area contributed by atoms with Crippen LogP contribution in [0.4, 0.5) is 0 Å². The molecule has 1 unspecified atom stereocenters. The van der Waals surface area contributed by atoms with E-state index in [1.165, 1.54) is 129 Å². The first-order chi connectivity index (χ1) is 19.0. The lowest BCUT2D eigenvalue weighted by molar-refractivity contribution is -0.890. The molecule has 0 fully saturated rings. The molecular formula is C34H70N2O5. The minimum Gasteiger partial charge on any atom is -0.870 e. The molecule has 0 amide bonds. The molecule has 0 rings (SSSR count). The van der Waals surface area contributed by atoms with E-state index in [0.29, 0.717) is 10.9 Å². The smallest absolute Gasteiger partial charge is 0.303 e. The Kier molecular flexibility index (Phi) is 27.1. The zero-order chi connectivity index (χ0) is 30.1. The van der Waals surface area contributed by atoms with Crippen LogP contribution in [0.5, 0.6) is 0 Å². The number of nitrogens with zero attached hydrogens (tertiary/aromatic N) is 2. The van der Waals surface area contributed by atoms with Gasteiger partial charge in [-0.15, -0.1) is 0 Å². The van der Waals surface area contributed by atoms with Crippen molar-refractivity contribution < 1.29 is 34.2 Å². The van der Waals surface area contributed by atoms with E-state index in [4.69, 9.17) is 5.11 Å². The third kappa shape index (κ3) is 28.7. The number of likely N-dealkylation sites (N-methyl/N-ethyl adjacent to an activating group) is 1. The quantitative estimate of drug-likeness (QED) is 0.0710. The number of carbonyl (C=O) groups is 2. The number of carboxylic acid groups (broad SMARTS) is 2. The van der Waals surface area contributed by atoms with Crippen LogP contribution >= 0.6 is 0 Å². The molecule has 41 heavy (non-hydrogen) atoms. The Morgan fingerprint density at radius 2 is 0.829 bits per heavy atom. The maximum Gasteiger partial charge on any atom is 0.303 e. The molecule has 0 aliphatic heterocycles. The Morgan fingerprint density at radius 3 is 1.12 bits per heavy atom. The highest BCUT2D eigenvalue weighted by Gasteiger charge is 2.24. The van der Waals surface area contributed by atoms with E-state index < -0.39 is 18.0 Å². The van der Waals surface area contributed by atoms with Crippen molar-refractivity contribution in [1.29, 1.82) is 0 Å². The van der Waals surface area contributed by atoms with E-state index in [1.54, 1.807) is 0 Å². The van der Waals surface area contributed by atoms with Gasteiger partial charge in [-0.05, 0) is 38.5 Å². The SMILES string of the molecule is C[N+](C)(CCCCCCCCCCCCCCCCC(C(=O)[O-])[N+](C)(C)C)CCCCCCCCCCC(=O)O.[OH-]. The molecule has 0 aliphatic carbocycles. The van der Waals surface area contributed by atoms with Crippen LogP contribution in [0.1, 0.15) is 154 Å². The van der Waals surface area contributed by atoms with Crippen molar-refractivity contribution in [3.8, 4) is 0 Å². The normalized spacial score (nSPS) is 12.7. The average Bonchev–Trinajstić information content (AvgIpc) is 2.85. The molecule has 1 atom stereocenters. The molecule has 0 aromatic carbocycles. The van der Waals surface area contributed by atoms with Crippen LogP contribution < -0.4 is 5.11 Å². The third-order valence-electron chi connectivity index (χ3n) is 8.60. The van der Waals surface area contributed by atoms with E-state index in [2.05, 4.69) is 14.1 Å². The summed E-state index contributed by atoms with van der Waals surface area (Å²) in [6.45, 7) is 2.59. The Bertz CT molecular complexity index is 619. The summed E-state index contributed by atoms with van der Waals surface area (Å²) >= 11 is 0. The van der Waals surface area contributed by atoms with E-state index in [-0.39, 0.29) is 5.48 Å². The van der Waals surface area contributed by atoms with Crippen LogP contribution in [0.2, 0.25) is 0 Å². The number of rotatable bonds is 30. The van der Waals surface area contributed by atoms with E-state index >= 15 is 0 Å². The summed E-state index contributed by atoms with van der Waals surface area (Å²) in [5, 5.41) is 20.0. The third-order valence-corrected chi connectivity index (χ3v) is 8.60. The van der Waals surface area contributed by atoms with Crippen molar-refractivity contribution in [3.63, 3.8) is 0 Å². The second-order valence-electron chi connectivity index (χ2n) is 14.0. The zero-order valence-corrected chi connectivity index (χ0v) is 28.0. The molecule has 0 aliphatic rings. The minimum atomic E-state index is -0.912. The van der Waals surface area contributed by atoms with Gasteiger partial charge in [0.15, 0.2) is 0 Å². The van der Waals surface area contributed by atoms with E-state index in [1.807, 2.05) is 21.1 Å². The molecular weight excluding hydrogens is 516 g/mol. The van der Waals surface area contributed by atoms with Crippen LogP contribution in [0.15, 0.2) is 0 Å². The highest BCUT2D eigenvalue weighted by molar-refractivity contribution is 5.69. The number of carbonyl (C=O) groups excluding carboxylic acids is 1. The minimum absolute atomic E-state index is 0. The number of quaternary nitrogens is 2. The summed E-state index contributed by atoms with van der Waals surface area (Å²) in [7, 11) is 10.6. The number of carboxylic acids is 2. The lowest BCUT2D eigenvalue weighted by Crippen LogP contribution is -2.54. The molecule has 2 N–H and O–H groups in total. The van der Waals surface area contributed by atoms with Gasteiger partial charge in [-0.1, -0.05) is 103 Å². The number of hydrogen-bond donors (Lipinski definition) is 1. The first-order valence-corrected chi connectivity index (χ1v) is 17.0. The van der Waals surface area contributed by atoms with Crippen molar-refractivity contribution in [3.05, 3.63) is 0 Å². The summed E-state index contributed by atoms with van der Waals surface area (Å²) in [5.41, 5.74) is 0. The number of hydrogen-bond acceptors (Lipinski definition) is 4. The second-order valence-corrected chi connectivity index (χ2v) is 14.0. The molecule has 246 valence electrons. The molecule has 0 heterocycles. The fourth-order valence-electron chi connectivity index (χ4n) is 5.81. The molecule has 0 bridgehead atoms. The van der Waals surface area contributed by atoms with Crippen LogP contribution in [0.3, 0.4) is 0 Å². The van der Waals surface area contributed by atoms with Crippen LogP contribution in [-0.4, -0.2) is 85.9 Å². The Balaban J connectivity index is 0. The molecule has 0 aromatic heterocycles. The molecule has 0 radical (unpaired) electrons. The summed E-state index contributed by atoms with van der Waals surface area (Å²) in [5.74, 6) is -1.58. The standard InChI is InChI=1S/C34H68N2O4.H2O/c1-35(2,3)32(34(39)40)28-24-20-16-12-10-8-6-7-9-11-14-18-22-26-30-36(4,5)31-27-23-19-15-13-17-21-25-29-33(37)38;/h32H,6-31H2,1-5H3;1H2. The van der Waals surface area contributed by atoms with Gasteiger partial charge >= 0.3 is 5.97 Å². The van der Waals surface area contributed by atoms with Crippen LogP contribution in [-0.2, 0) is 9.59 Å². The fourth-order valence-corrected chi connectivity index (χ4v) is 5.81. The first-order valence-electron chi connectivity index (χ1n) is 17.0. The lowest BCUT2D eigenvalue weighted by atomic mass is 10.0. The average molecular weight is 587 g/mol. The largest absolute Gasteiger partial charge is 0.870 e. The van der Waals surface area contributed by atoms with Gasteiger partial charge < -0.3 is 29.4 Å². The predicted octanol–water partition coefficient (Wildman–Crippen LogP) is 7.16. The van der Waals surface area contributed by atoms with E-state index in [0.717, 1.165) is 36.6 Å². The van der Waals surface area contributed by atoms with Crippen molar-refractivity contribution in [2.24, 2.45) is 0 Å². The van der Waals surface area contributed by atoms with Gasteiger partial charge in [0.2, 0.25) is 0 Å². The molecule has 7 nitrogen and oxygen atoms in total. The summed E-state index contributed by atoms with van der Waals surface area (Å²) < 4.78 is 1.61. The summed E-state index contributed by atoms with van der Waals surface area (Å²) in [4.78, 5) is 21.8. The van der Waals surface area contributed by atoms with Gasteiger partial charge in [0.1, 0.15) is 6.04 Å². The van der Waals surface area contributed by atoms with Gasteiger partial charge in [-0.25, -0.2) is 0 Å². The Labute approximate surface area is 254 Å². The van der Waals surface area contributed by atoms with Crippen molar-refractivity contribution in [2.75, 3.05) is 48.3 Å². The molecule has 0 saturated heterocycles. The van der Waals surface area contributed by atoms with Crippen LogP contribution in [0.25, 0.3) is 0 Å². The van der Waals surface area contributed by atoms with Gasteiger partial charge in [-0.3, -0.25) is 4.79 Å². The second kappa shape index (κ2) is 26.4. The zero-order valence-electron chi connectivity index (χ0n) is 28.0. The highest BCUT2D eigenvalue weighted by Crippen LogP contribution is 2.17. The van der Waals surface area contributed by atoms with E-state index in [9.17, 15) is 14.7 Å². The summed E-state index contributed by atoms with van der Waals surface area (Å²) in [6, 6.07) is -0.390. The van der Waals surface area contributed by atoms with Crippen molar-refractivity contribution in [2.45, 2.75) is 160 Å². The first kappa shape index (κ1) is 42.0. The highest BCUT2D eigenvalue weighted by atomic mass is 16.4. The Morgan fingerprint density at radius 1 is 0.537 bits per heavy atom. The number of aliphatic carboxylic acids is 2. The molecule has 7 heteroatoms. The fraction of sp³-hybridized carbons (Fsp3) is 0.941. The van der Waals surface area contributed by atoms with Crippen molar-refractivity contribution in [1.82, 2.24) is 0 Å². The van der Waals surface area contributed by atoms with Crippen molar-refractivity contribution >= 4 is 11.9 Å². The van der Waals surface area contributed by atoms with Gasteiger partial charge in [-0.2, -0.15) is 0 Å². The van der Waals surface area contributed by atoms with Gasteiger partial charge in [0.25, 0.3) is 0 Å². The molecule has 0 spiro atoms. The topological polar surface area (TPSA) is 107 Å². The summed E-state index contributed by atoms with van der Waals surface area (Å²) in [6.07, 6.45) is 29.0. The monoisotopic (exact) mass is 587 g/mol. The lowest BCUT2D eigenvalue weighted by Gasteiger charge is -2.34. The van der Waals surface area contributed by atoms with Crippen LogP contribution in [0, 0.1) is 0 Å². The predicted molar refractivity (Wildman–Crippen MR) is 169 cm³/mol. The molecule has 0 aromatic rings. The number of unbranched alkanes of at least 4 members (excludes halogenated alkanes) is 20.